The summed E-state index contributed by atoms with van der Waals surface area (Å²) in [6, 6.07) is 2.12. The first-order chi connectivity index (χ1) is 7.24. The lowest BCUT2D eigenvalue weighted by Gasteiger charge is -2.22. The molecule has 0 radical (unpaired) electrons. The van der Waals surface area contributed by atoms with Crippen molar-refractivity contribution in [2.75, 3.05) is 12.4 Å². The Balaban J connectivity index is 2.18. The Morgan fingerprint density at radius 2 is 2.53 bits per heavy atom. The highest BCUT2D eigenvalue weighted by Gasteiger charge is 2.30. The maximum absolute atomic E-state index is 12.1. The summed E-state index contributed by atoms with van der Waals surface area (Å²) in [6.45, 7) is 0.834. The molecule has 2 heterocycles. The molecule has 0 aromatic carbocycles. The SMILES string of the molecule is O=C(c1sccc1Br)N1CCCC1CCl. The van der Waals surface area contributed by atoms with Crippen LogP contribution in [0.15, 0.2) is 15.9 Å². The van der Waals surface area contributed by atoms with Crippen molar-refractivity contribution in [3.63, 3.8) is 0 Å². The van der Waals surface area contributed by atoms with Crippen LogP contribution in [0.1, 0.15) is 22.5 Å². The number of halogens is 2. The van der Waals surface area contributed by atoms with E-state index < -0.39 is 0 Å². The number of thiophene rings is 1. The van der Waals surface area contributed by atoms with Crippen LogP contribution in [0.25, 0.3) is 0 Å². The first kappa shape index (κ1) is 11.4. The Labute approximate surface area is 106 Å². The summed E-state index contributed by atoms with van der Waals surface area (Å²) >= 11 is 10.7. The van der Waals surface area contributed by atoms with Gasteiger partial charge in [-0.1, -0.05) is 0 Å². The minimum absolute atomic E-state index is 0.111. The largest absolute Gasteiger partial charge is 0.334 e. The highest BCUT2D eigenvalue weighted by Crippen LogP contribution is 2.28. The third kappa shape index (κ3) is 2.22. The van der Waals surface area contributed by atoms with Crippen LogP contribution in [-0.4, -0.2) is 29.3 Å². The summed E-state index contributed by atoms with van der Waals surface area (Å²) in [5, 5.41) is 1.92. The molecular formula is C10H11BrClNOS. The van der Waals surface area contributed by atoms with Gasteiger partial charge in [-0.15, -0.1) is 22.9 Å². The van der Waals surface area contributed by atoms with Crippen LogP contribution >= 0.6 is 38.9 Å². The van der Waals surface area contributed by atoms with Crippen molar-refractivity contribution >= 4 is 44.8 Å². The van der Waals surface area contributed by atoms with Crippen molar-refractivity contribution in [3.05, 3.63) is 20.8 Å². The zero-order valence-corrected chi connectivity index (χ0v) is 11.2. The average molecular weight is 309 g/mol. The van der Waals surface area contributed by atoms with E-state index in [4.69, 9.17) is 11.6 Å². The fraction of sp³-hybridized carbons (Fsp3) is 0.500. The number of amides is 1. The van der Waals surface area contributed by atoms with Crippen LogP contribution in [0, 0.1) is 0 Å². The van der Waals surface area contributed by atoms with Gasteiger partial charge in [0.15, 0.2) is 0 Å². The molecule has 0 spiro atoms. The molecule has 15 heavy (non-hydrogen) atoms. The van der Waals surface area contributed by atoms with Gasteiger partial charge in [-0.25, -0.2) is 0 Å². The van der Waals surface area contributed by atoms with Gasteiger partial charge in [0, 0.05) is 22.9 Å². The number of carbonyl (C=O) groups is 1. The van der Waals surface area contributed by atoms with Crippen LogP contribution in [0.4, 0.5) is 0 Å². The minimum atomic E-state index is 0.111. The molecule has 1 amide bonds. The molecular weight excluding hydrogens is 298 g/mol. The Morgan fingerprint density at radius 1 is 1.73 bits per heavy atom. The van der Waals surface area contributed by atoms with Crippen molar-refractivity contribution < 1.29 is 4.79 Å². The van der Waals surface area contributed by atoms with Crippen molar-refractivity contribution in [1.29, 1.82) is 0 Å². The van der Waals surface area contributed by atoms with Gasteiger partial charge in [-0.05, 0) is 40.2 Å². The Hall–Kier alpha value is -0.0600. The van der Waals surface area contributed by atoms with Crippen molar-refractivity contribution in [2.45, 2.75) is 18.9 Å². The van der Waals surface area contributed by atoms with Crippen LogP contribution in [0.5, 0.6) is 0 Å². The number of carbonyl (C=O) groups excluding carboxylic acids is 1. The maximum Gasteiger partial charge on any atom is 0.265 e. The summed E-state index contributed by atoms with van der Waals surface area (Å²) < 4.78 is 0.887. The molecule has 0 aliphatic carbocycles. The molecule has 0 saturated carbocycles. The van der Waals surface area contributed by atoms with E-state index in [2.05, 4.69) is 15.9 Å². The van der Waals surface area contributed by atoms with Gasteiger partial charge >= 0.3 is 0 Å². The van der Waals surface area contributed by atoms with E-state index in [-0.39, 0.29) is 11.9 Å². The number of alkyl halides is 1. The topological polar surface area (TPSA) is 20.3 Å². The molecule has 1 saturated heterocycles. The second-order valence-corrected chi connectivity index (χ2v) is 5.63. The molecule has 0 bridgehead atoms. The fourth-order valence-electron chi connectivity index (χ4n) is 1.84. The molecule has 1 fully saturated rings. The Kier molecular flexibility index (Phi) is 3.69. The maximum atomic E-state index is 12.1. The molecule has 1 unspecified atom stereocenters. The molecule has 0 N–H and O–H groups in total. The first-order valence-corrected chi connectivity index (χ1v) is 7.04. The van der Waals surface area contributed by atoms with Gasteiger partial charge in [-0.2, -0.15) is 0 Å². The lowest BCUT2D eigenvalue weighted by atomic mass is 10.2. The number of hydrogen-bond acceptors (Lipinski definition) is 2. The first-order valence-electron chi connectivity index (χ1n) is 4.84. The molecule has 2 rings (SSSR count). The summed E-state index contributed by atoms with van der Waals surface area (Å²) in [7, 11) is 0. The van der Waals surface area contributed by atoms with Gasteiger partial charge in [0.25, 0.3) is 5.91 Å². The normalized spacial score (nSPS) is 20.9. The number of nitrogens with zero attached hydrogens (tertiary/aromatic N) is 1. The lowest BCUT2D eigenvalue weighted by molar-refractivity contribution is 0.0753. The van der Waals surface area contributed by atoms with Crippen LogP contribution < -0.4 is 0 Å². The fourth-order valence-corrected chi connectivity index (χ4v) is 3.66. The summed E-state index contributed by atoms with van der Waals surface area (Å²) in [4.78, 5) is 14.8. The second kappa shape index (κ2) is 4.85. The standard InChI is InChI=1S/C10H11BrClNOS/c11-8-3-5-15-9(8)10(14)13-4-1-2-7(13)6-12/h3,5,7H,1-2,4,6H2. The van der Waals surface area contributed by atoms with E-state index in [9.17, 15) is 4.79 Å². The van der Waals surface area contributed by atoms with Crippen LogP contribution in [-0.2, 0) is 0 Å². The highest BCUT2D eigenvalue weighted by atomic mass is 79.9. The molecule has 1 aliphatic rings. The van der Waals surface area contributed by atoms with Gasteiger partial charge in [0.1, 0.15) is 4.88 Å². The zero-order valence-electron chi connectivity index (χ0n) is 8.08. The van der Waals surface area contributed by atoms with Gasteiger partial charge in [-0.3, -0.25) is 4.79 Å². The third-order valence-corrected chi connectivity index (χ3v) is 4.81. The van der Waals surface area contributed by atoms with Gasteiger partial charge in [0.2, 0.25) is 0 Å². The number of likely N-dealkylation sites (tertiary alicyclic amines) is 1. The molecule has 82 valence electrons. The molecule has 1 aliphatic heterocycles. The van der Waals surface area contributed by atoms with Gasteiger partial charge < -0.3 is 4.90 Å². The predicted molar refractivity (Wildman–Crippen MR) is 66.8 cm³/mol. The second-order valence-electron chi connectivity index (χ2n) is 3.55. The Bertz CT molecular complexity index is 368. The molecule has 5 heteroatoms. The smallest absolute Gasteiger partial charge is 0.265 e. The molecule has 2 nitrogen and oxygen atoms in total. The predicted octanol–water partition coefficient (Wildman–Crippen LogP) is 3.35. The quantitative estimate of drug-likeness (QED) is 0.767. The third-order valence-electron chi connectivity index (χ3n) is 2.63. The highest BCUT2D eigenvalue weighted by molar-refractivity contribution is 9.10. The van der Waals surface area contributed by atoms with Crippen molar-refractivity contribution in [1.82, 2.24) is 4.90 Å². The minimum Gasteiger partial charge on any atom is -0.334 e. The van der Waals surface area contributed by atoms with Crippen molar-refractivity contribution in [2.24, 2.45) is 0 Å². The van der Waals surface area contributed by atoms with E-state index in [1.165, 1.54) is 11.3 Å². The monoisotopic (exact) mass is 307 g/mol. The van der Waals surface area contributed by atoms with E-state index in [0.717, 1.165) is 28.7 Å². The Morgan fingerprint density at radius 3 is 3.13 bits per heavy atom. The summed E-state index contributed by atoms with van der Waals surface area (Å²) in [6.07, 6.45) is 2.09. The zero-order chi connectivity index (χ0) is 10.8. The lowest BCUT2D eigenvalue weighted by Crippen LogP contribution is -2.36. The van der Waals surface area contributed by atoms with E-state index in [0.29, 0.717) is 5.88 Å². The summed E-state index contributed by atoms with van der Waals surface area (Å²) in [5.41, 5.74) is 0. The van der Waals surface area contributed by atoms with Crippen molar-refractivity contribution in [3.8, 4) is 0 Å². The number of rotatable bonds is 2. The van der Waals surface area contributed by atoms with E-state index in [1.807, 2.05) is 16.3 Å². The van der Waals surface area contributed by atoms with E-state index >= 15 is 0 Å². The average Bonchev–Trinajstić information content (AvgIpc) is 2.84. The summed E-state index contributed by atoms with van der Waals surface area (Å²) in [5.74, 6) is 0.648. The molecule has 1 atom stereocenters. The van der Waals surface area contributed by atoms with E-state index in [1.54, 1.807) is 0 Å². The molecule has 1 aromatic heterocycles. The molecule has 1 aromatic rings. The van der Waals surface area contributed by atoms with Crippen LogP contribution in [0.2, 0.25) is 0 Å². The number of hydrogen-bond donors (Lipinski definition) is 0. The van der Waals surface area contributed by atoms with Gasteiger partial charge in [0.05, 0.1) is 0 Å². The van der Waals surface area contributed by atoms with Crippen LogP contribution in [0.3, 0.4) is 0 Å².